The van der Waals surface area contributed by atoms with Crippen molar-refractivity contribution in [3.63, 3.8) is 0 Å². The fraction of sp³-hybridized carbons (Fsp3) is 0.667. The molecule has 1 aliphatic heterocycles. The van der Waals surface area contributed by atoms with Gasteiger partial charge in [-0.15, -0.1) is 0 Å². The summed E-state index contributed by atoms with van der Waals surface area (Å²) in [5.74, 6) is 1.70. The molecule has 0 spiro atoms. The number of nitrogens with zero attached hydrogens (tertiary/aromatic N) is 2. The van der Waals surface area contributed by atoms with Crippen LogP contribution in [-0.2, 0) is 4.74 Å². The summed E-state index contributed by atoms with van der Waals surface area (Å²) in [4.78, 5) is 8.68. The third-order valence-corrected chi connectivity index (χ3v) is 3.05. The van der Waals surface area contributed by atoms with E-state index < -0.39 is 0 Å². The van der Waals surface area contributed by atoms with Gasteiger partial charge in [-0.1, -0.05) is 13.8 Å². The Labute approximate surface area is 110 Å². The zero-order valence-corrected chi connectivity index (χ0v) is 11.7. The smallest absolute Gasteiger partial charge is 0.217 e. The Morgan fingerprint density at radius 3 is 3.00 bits per heavy atom. The van der Waals surface area contributed by atoms with Gasteiger partial charge >= 0.3 is 0 Å². The third-order valence-electron chi connectivity index (χ3n) is 2.65. The summed E-state index contributed by atoms with van der Waals surface area (Å²) in [5.41, 5.74) is 0. The molecule has 0 aromatic carbocycles. The molecule has 1 saturated heterocycles. The van der Waals surface area contributed by atoms with E-state index in [1.54, 1.807) is 6.07 Å². The molecule has 94 valence electrons. The highest BCUT2D eigenvalue weighted by atomic mass is 79.9. The number of aromatic nitrogens is 2. The number of rotatable bonds is 4. The highest BCUT2D eigenvalue weighted by Gasteiger charge is 2.17. The predicted molar refractivity (Wildman–Crippen MR) is 68.3 cm³/mol. The first kappa shape index (κ1) is 12.8. The fourth-order valence-electron chi connectivity index (χ4n) is 1.70. The van der Waals surface area contributed by atoms with Gasteiger partial charge in [0, 0.05) is 18.6 Å². The van der Waals surface area contributed by atoms with Crippen LogP contribution < -0.4 is 4.74 Å². The summed E-state index contributed by atoms with van der Waals surface area (Å²) < 4.78 is 11.9. The van der Waals surface area contributed by atoms with Crippen molar-refractivity contribution in [2.45, 2.75) is 38.7 Å². The second-order valence-corrected chi connectivity index (χ2v) is 5.30. The monoisotopic (exact) mass is 300 g/mol. The van der Waals surface area contributed by atoms with Crippen LogP contribution in [0.25, 0.3) is 0 Å². The van der Waals surface area contributed by atoms with E-state index in [1.807, 2.05) is 0 Å². The van der Waals surface area contributed by atoms with E-state index in [0.29, 0.717) is 12.5 Å². The van der Waals surface area contributed by atoms with Crippen LogP contribution in [0.4, 0.5) is 0 Å². The molecule has 5 heteroatoms. The summed E-state index contributed by atoms with van der Waals surface area (Å²) in [6.07, 6.45) is 2.41. The van der Waals surface area contributed by atoms with Crippen molar-refractivity contribution in [1.29, 1.82) is 0 Å². The molecule has 4 nitrogen and oxygen atoms in total. The summed E-state index contributed by atoms with van der Waals surface area (Å²) in [6, 6.07) is 1.79. The maximum absolute atomic E-state index is 5.66. The maximum Gasteiger partial charge on any atom is 0.217 e. The molecule has 1 aromatic rings. The second-order valence-electron chi connectivity index (χ2n) is 4.49. The molecule has 2 heterocycles. The standard InChI is InChI=1S/C12H17BrN2O2/c1-8(2)12-14-10(13)6-11(15-12)17-7-9-4-3-5-16-9/h6,8-9H,3-5,7H2,1-2H3. The second kappa shape index (κ2) is 5.78. The van der Waals surface area contributed by atoms with Crippen LogP contribution in [0.2, 0.25) is 0 Å². The van der Waals surface area contributed by atoms with E-state index in [9.17, 15) is 0 Å². The average Bonchev–Trinajstić information content (AvgIpc) is 2.78. The topological polar surface area (TPSA) is 44.2 Å². The van der Waals surface area contributed by atoms with E-state index in [1.165, 1.54) is 0 Å². The van der Waals surface area contributed by atoms with Crippen molar-refractivity contribution in [3.05, 3.63) is 16.5 Å². The Hall–Kier alpha value is -0.680. The molecule has 1 unspecified atom stereocenters. The van der Waals surface area contributed by atoms with Crippen LogP contribution in [0.1, 0.15) is 38.4 Å². The number of hydrogen-bond donors (Lipinski definition) is 0. The Balaban J connectivity index is 1.99. The third kappa shape index (κ3) is 3.64. The SMILES string of the molecule is CC(C)c1nc(Br)cc(OCC2CCCO2)n1. The molecule has 0 saturated carbocycles. The Morgan fingerprint density at radius 2 is 2.35 bits per heavy atom. The zero-order chi connectivity index (χ0) is 12.3. The van der Waals surface area contributed by atoms with Crippen molar-refractivity contribution >= 4 is 15.9 Å². The molecule has 1 atom stereocenters. The van der Waals surface area contributed by atoms with Crippen LogP contribution in [-0.4, -0.2) is 29.3 Å². The molecule has 17 heavy (non-hydrogen) atoms. The summed E-state index contributed by atoms with van der Waals surface area (Å²) in [7, 11) is 0. The van der Waals surface area contributed by atoms with Gasteiger partial charge in [-0.25, -0.2) is 4.98 Å². The lowest BCUT2D eigenvalue weighted by Gasteiger charge is -2.12. The molecule has 1 aromatic heterocycles. The minimum atomic E-state index is 0.214. The largest absolute Gasteiger partial charge is 0.475 e. The first-order chi connectivity index (χ1) is 8.15. The van der Waals surface area contributed by atoms with E-state index >= 15 is 0 Å². The van der Waals surface area contributed by atoms with Gasteiger partial charge in [0.25, 0.3) is 0 Å². The first-order valence-electron chi connectivity index (χ1n) is 5.94. The minimum Gasteiger partial charge on any atom is -0.475 e. The van der Waals surface area contributed by atoms with E-state index in [2.05, 4.69) is 39.7 Å². The fourth-order valence-corrected chi connectivity index (χ4v) is 2.08. The van der Waals surface area contributed by atoms with Gasteiger partial charge in [0.2, 0.25) is 5.88 Å². The summed E-state index contributed by atoms with van der Waals surface area (Å²) >= 11 is 3.37. The lowest BCUT2D eigenvalue weighted by molar-refractivity contribution is 0.0661. The molecular formula is C12H17BrN2O2. The Bertz CT molecular complexity index is 379. The number of ether oxygens (including phenoxy) is 2. The van der Waals surface area contributed by atoms with Crippen LogP contribution >= 0.6 is 15.9 Å². The van der Waals surface area contributed by atoms with Gasteiger partial charge in [0.1, 0.15) is 17.0 Å². The van der Waals surface area contributed by atoms with E-state index in [-0.39, 0.29) is 12.0 Å². The van der Waals surface area contributed by atoms with Crippen LogP contribution in [0.15, 0.2) is 10.7 Å². The minimum absolute atomic E-state index is 0.214. The molecular weight excluding hydrogens is 284 g/mol. The lowest BCUT2D eigenvalue weighted by atomic mass is 10.2. The molecule has 0 aliphatic carbocycles. The highest BCUT2D eigenvalue weighted by Crippen LogP contribution is 2.20. The lowest BCUT2D eigenvalue weighted by Crippen LogP contribution is -2.17. The molecule has 0 N–H and O–H groups in total. The van der Waals surface area contributed by atoms with Gasteiger partial charge in [0.05, 0.1) is 6.10 Å². The van der Waals surface area contributed by atoms with Crippen molar-refractivity contribution in [2.24, 2.45) is 0 Å². The number of halogens is 1. The maximum atomic E-state index is 5.66. The highest BCUT2D eigenvalue weighted by molar-refractivity contribution is 9.10. The van der Waals surface area contributed by atoms with Gasteiger partial charge in [-0.2, -0.15) is 4.98 Å². The van der Waals surface area contributed by atoms with Crippen molar-refractivity contribution in [1.82, 2.24) is 9.97 Å². The van der Waals surface area contributed by atoms with Crippen LogP contribution in [0.3, 0.4) is 0 Å². The van der Waals surface area contributed by atoms with Gasteiger partial charge in [-0.05, 0) is 28.8 Å². The van der Waals surface area contributed by atoms with E-state index in [4.69, 9.17) is 9.47 Å². The summed E-state index contributed by atoms with van der Waals surface area (Å²) in [6.45, 7) is 5.54. The molecule has 1 fully saturated rings. The van der Waals surface area contributed by atoms with Crippen LogP contribution in [0.5, 0.6) is 5.88 Å². The summed E-state index contributed by atoms with van der Waals surface area (Å²) in [5, 5.41) is 0. The quantitative estimate of drug-likeness (QED) is 0.802. The Kier molecular flexibility index (Phi) is 4.34. The van der Waals surface area contributed by atoms with Crippen LogP contribution in [0, 0.1) is 0 Å². The molecule has 2 rings (SSSR count). The Morgan fingerprint density at radius 1 is 1.53 bits per heavy atom. The molecule has 0 amide bonds. The van der Waals surface area contributed by atoms with E-state index in [0.717, 1.165) is 29.9 Å². The normalized spacial score (nSPS) is 19.9. The zero-order valence-electron chi connectivity index (χ0n) is 10.1. The molecule has 0 bridgehead atoms. The van der Waals surface area contributed by atoms with Gasteiger partial charge < -0.3 is 9.47 Å². The number of hydrogen-bond acceptors (Lipinski definition) is 4. The predicted octanol–water partition coefficient (Wildman–Crippen LogP) is 2.92. The molecule has 0 radical (unpaired) electrons. The first-order valence-corrected chi connectivity index (χ1v) is 6.73. The van der Waals surface area contributed by atoms with Gasteiger partial charge in [-0.3, -0.25) is 0 Å². The van der Waals surface area contributed by atoms with Crippen molar-refractivity contribution < 1.29 is 9.47 Å². The molecule has 1 aliphatic rings. The van der Waals surface area contributed by atoms with Gasteiger partial charge in [0.15, 0.2) is 0 Å². The van der Waals surface area contributed by atoms with Crippen molar-refractivity contribution in [3.8, 4) is 5.88 Å². The average molecular weight is 301 g/mol. The van der Waals surface area contributed by atoms with Crippen molar-refractivity contribution in [2.75, 3.05) is 13.2 Å².